The van der Waals surface area contributed by atoms with Crippen molar-refractivity contribution in [1.82, 2.24) is 0 Å². The van der Waals surface area contributed by atoms with Crippen molar-refractivity contribution >= 4 is 64.6 Å². The standard InChI is InChI=1S/C100H118/c1-17-21-25-29-33-71-59-85-87(61-73(71)35-31-27-23-19-3)95(69-45-53-83(54-46-69)99(11,12)13)91-65-79-57-75(37-39-77(79)63-89(91)93(85)67-41-49-81(50-42-67)97(5,6)7)76-38-40-78-64-90-92(66-80(78)58-76)96(70-47-55-84(56-48-70)100(14,15)16)88-62-74(36-32-28-24-20-4)72(34-30-26-22-18-2)60-86(88)94(90)68-43-51-82(52-44-68)98(8,9)10/h37-66H,17-36H2,1-16H3. The van der Waals surface area contributed by atoms with E-state index in [1.807, 2.05) is 0 Å². The molecule has 0 bridgehead atoms. The molecule has 518 valence electrons. The molecule has 100 heavy (non-hydrogen) atoms. The lowest BCUT2D eigenvalue weighted by molar-refractivity contribution is 0.590. The summed E-state index contributed by atoms with van der Waals surface area (Å²) in [6.07, 6.45) is 24.6. The molecule has 0 saturated heterocycles. The summed E-state index contributed by atoms with van der Waals surface area (Å²) < 4.78 is 0. The Hall–Kier alpha value is -7.80. The predicted molar refractivity (Wildman–Crippen MR) is 445 cm³/mol. The minimum absolute atomic E-state index is 0.0399. The zero-order chi connectivity index (χ0) is 70.7. The largest absolute Gasteiger partial charge is 0.0654 e. The molecule has 0 spiro atoms. The fraction of sp³-hybridized carbons (Fsp3) is 0.400. The molecule has 0 heterocycles. The average Bonchev–Trinajstić information content (AvgIpc) is 0.725. The van der Waals surface area contributed by atoms with E-state index in [0.717, 1.165) is 25.7 Å². The molecule has 0 aromatic heterocycles. The van der Waals surface area contributed by atoms with Gasteiger partial charge in [0.05, 0.1) is 0 Å². The van der Waals surface area contributed by atoms with Gasteiger partial charge in [0.2, 0.25) is 0 Å². The van der Waals surface area contributed by atoms with Crippen molar-refractivity contribution in [2.45, 2.75) is 261 Å². The lowest BCUT2D eigenvalue weighted by Gasteiger charge is -2.24. The molecule has 0 aliphatic carbocycles. The number of fused-ring (bicyclic) bond motifs is 6. The molecule has 0 amide bonds. The van der Waals surface area contributed by atoms with Crippen LogP contribution in [0.5, 0.6) is 0 Å². The maximum absolute atomic E-state index is 2.68. The van der Waals surface area contributed by atoms with Gasteiger partial charge in [0.15, 0.2) is 0 Å². The molecule has 0 radical (unpaired) electrons. The molecule has 0 heteroatoms. The second-order valence-corrected chi connectivity index (χ2v) is 34.3. The first kappa shape index (κ1) is 72.0. The number of hydrogen-bond donors (Lipinski definition) is 0. The first-order valence-corrected chi connectivity index (χ1v) is 39.4. The number of rotatable bonds is 25. The van der Waals surface area contributed by atoms with E-state index >= 15 is 0 Å². The summed E-state index contributed by atoms with van der Waals surface area (Å²) in [5, 5.41) is 15.9. The van der Waals surface area contributed by atoms with Crippen molar-refractivity contribution in [1.29, 1.82) is 0 Å². The minimum atomic E-state index is 0.0399. The SMILES string of the molecule is CCCCCCc1cc2c(-c3ccc(C(C)(C)C)cc3)c3cc4ccc(-c5ccc6cc7c(-c8ccc(C(C)(C)C)cc8)c8cc(CCCCCC)c(CCCCCC)cc8c(-c8ccc(C(C)(C)C)cc8)c7cc6c5)cc4cc3c(-c3ccc(C(C)(C)C)cc3)c2cc1CCCCCC. The van der Waals surface area contributed by atoms with Gasteiger partial charge in [-0.05, 0) is 274 Å². The van der Waals surface area contributed by atoms with Crippen LogP contribution in [0.4, 0.5) is 0 Å². The zero-order valence-corrected chi connectivity index (χ0v) is 64.5. The van der Waals surface area contributed by atoms with Crippen molar-refractivity contribution in [3.05, 3.63) is 226 Å². The van der Waals surface area contributed by atoms with Crippen LogP contribution < -0.4 is 0 Å². The average molecular weight is 1320 g/mol. The Morgan fingerprint density at radius 3 is 0.600 bits per heavy atom. The van der Waals surface area contributed by atoms with Gasteiger partial charge in [-0.2, -0.15) is 0 Å². The van der Waals surface area contributed by atoms with Crippen molar-refractivity contribution in [3.8, 4) is 55.6 Å². The zero-order valence-electron chi connectivity index (χ0n) is 64.5. The molecule has 0 aliphatic heterocycles. The summed E-state index contributed by atoms with van der Waals surface area (Å²) in [6.45, 7) is 37.4. The summed E-state index contributed by atoms with van der Waals surface area (Å²) in [5.41, 5.74) is 24.9. The summed E-state index contributed by atoms with van der Waals surface area (Å²) in [7, 11) is 0. The molecule has 0 fully saturated rings. The van der Waals surface area contributed by atoms with Gasteiger partial charge in [0.25, 0.3) is 0 Å². The van der Waals surface area contributed by atoms with E-state index in [1.165, 1.54) is 245 Å². The number of unbranched alkanes of at least 4 members (excludes halogenated alkanes) is 12. The molecule has 0 unspecified atom stereocenters. The van der Waals surface area contributed by atoms with E-state index in [0.29, 0.717) is 0 Å². The van der Waals surface area contributed by atoms with E-state index in [2.05, 4.69) is 293 Å². The highest BCUT2D eigenvalue weighted by Gasteiger charge is 2.26. The van der Waals surface area contributed by atoms with Gasteiger partial charge in [-0.3, -0.25) is 0 Å². The molecular formula is C100H118. The van der Waals surface area contributed by atoms with Crippen LogP contribution in [-0.4, -0.2) is 0 Å². The van der Waals surface area contributed by atoms with Gasteiger partial charge in [0, 0.05) is 0 Å². The summed E-state index contributed by atoms with van der Waals surface area (Å²) in [5.74, 6) is 0. The molecule has 12 aromatic carbocycles. The van der Waals surface area contributed by atoms with Crippen LogP contribution in [0.2, 0.25) is 0 Å². The number of aryl methyl sites for hydroxylation is 4. The van der Waals surface area contributed by atoms with Crippen LogP contribution in [0.1, 0.15) is 258 Å². The minimum Gasteiger partial charge on any atom is -0.0654 e. The molecule has 0 saturated carbocycles. The quantitative estimate of drug-likeness (QED) is 0.0395. The Balaban J connectivity index is 1.11. The Kier molecular flexibility index (Phi) is 21.9. The molecule has 12 rings (SSSR count). The van der Waals surface area contributed by atoms with Crippen LogP contribution >= 0.6 is 0 Å². The first-order valence-electron chi connectivity index (χ1n) is 39.4. The van der Waals surface area contributed by atoms with E-state index in [1.54, 1.807) is 22.3 Å². The summed E-state index contributed by atoms with van der Waals surface area (Å²) in [4.78, 5) is 0. The Bertz CT molecular complexity index is 4530. The number of benzene rings is 12. The van der Waals surface area contributed by atoms with E-state index in [4.69, 9.17) is 0 Å². The maximum atomic E-state index is 2.68. The highest BCUT2D eigenvalue weighted by atomic mass is 14.3. The molecule has 12 aromatic rings. The second-order valence-electron chi connectivity index (χ2n) is 34.3. The highest BCUT2D eigenvalue weighted by molar-refractivity contribution is 6.26. The van der Waals surface area contributed by atoms with Gasteiger partial charge in [-0.15, -0.1) is 0 Å². The van der Waals surface area contributed by atoms with Crippen LogP contribution in [0, 0.1) is 0 Å². The summed E-state index contributed by atoms with van der Waals surface area (Å²) in [6, 6.07) is 74.3. The van der Waals surface area contributed by atoms with Gasteiger partial charge in [-0.25, -0.2) is 0 Å². The smallest absolute Gasteiger partial charge is 0.00260 e. The van der Waals surface area contributed by atoms with Gasteiger partial charge < -0.3 is 0 Å². The molecule has 0 atom stereocenters. The highest BCUT2D eigenvalue weighted by Crippen LogP contribution is 2.50. The van der Waals surface area contributed by atoms with Crippen molar-refractivity contribution in [3.63, 3.8) is 0 Å². The van der Waals surface area contributed by atoms with Crippen LogP contribution in [-0.2, 0) is 47.3 Å². The first-order chi connectivity index (χ1) is 47.9. The van der Waals surface area contributed by atoms with Crippen molar-refractivity contribution < 1.29 is 0 Å². The van der Waals surface area contributed by atoms with E-state index in [-0.39, 0.29) is 21.7 Å². The van der Waals surface area contributed by atoms with Crippen LogP contribution in [0.3, 0.4) is 0 Å². The lowest BCUT2D eigenvalue weighted by Crippen LogP contribution is -2.10. The van der Waals surface area contributed by atoms with Gasteiger partial charge in [0.1, 0.15) is 0 Å². The predicted octanol–water partition coefficient (Wildman–Crippen LogP) is 30.6. The second kappa shape index (κ2) is 30.4. The van der Waals surface area contributed by atoms with Gasteiger partial charge >= 0.3 is 0 Å². The van der Waals surface area contributed by atoms with Crippen molar-refractivity contribution in [2.24, 2.45) is 0 Å². The Morgan fingerprint density at radius 1 is 0.190 bits per heavy atom. The monoisotopic (exact) mass is 1320 g/mol. The maximum Gasteiger partial charge on any atom is -0.00260 e. The van der Waals surface area contributed by atoms with Gasteiger partial charge in [-0.1, -0.05) is 333 Å². The normalized spacial score (nSPS) is 12.6. The third-order valence-corrected chi connectivity index (χ3v) is 22.5. The number of hydrogen-bond acceptors (Lipinski definition) is 0. The summed E-state index contributed by atoms with van der Waals surface area (Å²) >= 11 is 0. The van der Waals surface area contributed by atoms with Crippen LogP contribution in [0.25, 0.3) is 120 Å². The van der Waals surface area contributed by atoms with Crippen molar-refractivity contribution in [2.75, 3.05) is 0 Å². The Morgan fingerprint density at radius 2 is 0.390 bits per heavy atom. The third-order valence-electron chi connectivity index (χ3n) is 22.5. The molecular weight excluding hydrogens is 1200 g/mol. The van der Waals surface area contributed by atoms with E-state index < -0.39 is 0 Å². The fourth-order valence-electron chi connectivity index (χ4n) is 16.3. The lowest BCUT2D eigenvalue weighted by atomic mass is 9.80. The van der Waals surface area contributed by atoms with Crippen LogP contribution in [0.15, 0.2) is 182 Å². The molecule has 0 N–H and O–H groups in total. The molecule has 0 nitrogen and oxygen atoms in total. The fourth-order valence-corrected chi connectivity index (χ4v) is 16.3. The Labute approximate surface area is 603 Å². The van der Waals surface area contributed by atoms with E-state index in [9.17, 15) is 0 Å². The third kappa shape index (κ3) is 15.6. The molecule has 0 aliphatic rings. The topological polar surface area (TPSA) is 0 Å².